The Morgan fingerprint density at radius 1 is 0.767 bits per heavy atom. The lowest BCUT2D eigenvalue weighted by molar-refractivity contribution is -0.710. The van der Waals surface area contributed by atoms with E-state index < -0.39 is 10.0 Å². The maximum absolute atomic E-state index is 11.5. The number of hydrogen-bond acceptors (Lipinski definition) is 2. The third-order valence-corrected chi connectivity index (χ3v) is 6.26. The highest BCUT2D eigenvalue weighted by molar-refractivity contribution is 7.89. The van der Waals surface area contributed by atoms with Gasteiger partial charge in [0.25, 0.3) is 0 Å². The van der Waals surface area contributed by atoms with Crippen LogP contribution in [0.4, 0.5) is 0 Å². The molecule has 0 bridgehead atoms. The number of nitrogens with two attached hydrogens (primary N) is 1. The van der Waals surface area contributed by atoms with Crippen LogP contribution in [0, 0.1) is 0 Å². The fourth-order valence-electron chi connectivity index (χ4n) is 3.84. The van der Waals surface area contributed by atoms with E-state index in [2.05, 4.69) is 54.8 Å². The molecule has 5 heteroatoms. The smallest absolute Gasteiger partial charge is 0.225 e. The highest BCUT2D eigenvalue weighted by Gasteiger charge is 2.19. The van der Waals surface area contributed by atoms with Gasteiger partial charge in [-0.15, -0.1) is 0 Å². The van der Waals surface area contributed by atoms with E-state index in [1.165, 1.54) is 22.5 Å². The van der Waals surface area contributed by atoms with Crippen molar-refractivity contribution in [3.05, 3.63) is 83.7 Å². The van der Waals surface area contributed by atoms with Gasteiger partial charge in [0, 0.05) is 31.4 Å². The van der Waals surface area contributed by atoms with Gasteiger partial charge >= 0.3 is 0 Å². The molecule has 0 amide bonds. The van der Waals surface area contributed by atoms with Crippen LogP contribution in [0.3, 0.4) is 0 Å². The number of aromatic nitrogens is 1. The van der Waals surface area contributed by atoms with Crippen LogP contribution in [0.1, 0.15) is 43.6 Å². The van der Waals surface area contributed by atoms with Crippen LogP contribution in [0.15, 0.2) is 71.6 Å². The van der Waals surface area contributed by atoms with E-state index in [0.29, 0.717) is 0 Å². The Hall–Kier alpha value is -2.50. The van der Waals surface area contributed by atoms with Crippen molar-refractivity contribution in [1.82, 2.24) is 0 Å². The average molecular weight is 424 g/mol. The van der Waals surface area contributed by atoms with Crippen LogP contribution >= 0.6 is 0 Å². The number of pyridine rings is 1. The summed E-state index contributed by atoms with van der Waals surface area (Å²) in [7, 11) is -3.65. The molecule has 1 heterocycles. The van der Waals surface area contributed by atoms with E-state index in [0.717, 1.165) is 44.2 Å². The molecule has 1 aromatic heterocycles. The maximum atomic E-state index is 11.5. The summed E-state index contributed by atoms with van der Waals surface area (Å²) in [6.45, 7) is 5.30. The highest BCUT2D eigenvalue weighted by atomic mass is 32.2. The molecule has 0 aliphatic rings. The third-order valence-electron chi connectivity index (χ3n) is 5.33. The molecule has 4 nitrogen and oxygen atoms in total. The average Bonchev–Trinajstić information content (AvgIpc) is 2.74. The first-order valence-electron chi connectivity index (χ1n) is 10.6. The lowest BCUT2D eigenvalue weighted by atomic mass is 10.0. The van der Waals surface area contributed by atoms with E-state index in [1.54, 1.807) is 12.1 Å². The molecule has 158 valence electrons. The lowest BCUT2D eigenvalue weighted by Crippen LogP contribution is -2.43. The third kappa shape index (κ3) is 5.55. The molecule has 30 heavy (non-hydrogen) atoms. The first kappa shape index (κ1) is 22.2. The van der Waals surface area contributed by atoms with Crippen molar-refractivity contribution in [3.63, 3.8) is 0 Å². The van der Waals surface area contributed by atoms with Crippen molar-refractivity contribution >= 4 is 10.0 Å². The molecule has 0 saturated carbocycles. The molecule has 0 atom stereocenters. The Kier molecular flexibility index (Phi) is 7.40. The number of benzene rings is 2. The lowest BCUT2D eigenvalue weighted by Gasteiger charge is -2.12. The van der Waals surface area contributed by atoms with Gasteiger partial charge in [-0.3, -0.25) is 0 Å². The van der Waals surface area contributed by atoms with Gasteiger partial charge in [0.15, 0.2) is 17.9 Å². The van der Waals surface area contributed by atoms with Crippen molar-refractivity contribution in [3.8, 4) is 11.1 Å². The Balaban J connectivity index is 1.92. The summed E-state index contributed by atoms with van der Waals surface area (Å²) < 4.78 is 25.4. The zero-order valence-electron chi connectivity index (χ0n) is 17.8. The van der Waals surface area contributed by atoms with Gasteiger partial charge in [-0.1, -0.05) is 56.3 Å². The number of aryl methyl sites for hydroxylation is 3. The predicted octanol–water partition coefficient (Wildman–Crippen LogP) is 4.44. The van der Waals surface area contributed by atoms with Crippen molar-refractivity contribution in [2.45, 2.75) is 57.4 Å². The molecule has 0 aliphatic heterocycles. The molecule has 0 fully saturated rings. The number of primary sulfonamides is 1. The van der Waals surface area contributed by atoms with Crippen LogP contribution in [-0.4, -0.2) is 8.42 Å². The Bertz CT molecular complexity index is 1050. The Morgan fingerprint density at radius 3 is 1.83 bits per heavy atom. The topological polar surface area (TPSA) is 64.0 Å². The molecule has 0 saturated heterocycles. The molecular weight excluding hydrogens is 392 g/mol. The Morgan fingerprint density at radius 2 is 1.33 bits per heavy atom. The predicted molar refractivity (Wildman–Crippen MR) is 122 cm³/mol. The maximum Gasteiger partial charge on any atom is 0.238 e. The Labute approximate surface area is 180 Å². The molecule has 0 unspecified atom stereocenters. The number of hydrogen-bond donors (Lipinski definition) is 1. The summed E-state index contributed by atoms with van der Waals surface area (Å²) in [5, 5.41) is 5.21. The summed E-state index contributed by atoms with van der Waals surface area (Å²) in [5.74, 6) is 0. The number of rotatable bonds is 9. The first-order chi connectivity index (χ1) is 14.4. The first-order valence-corrected chi connectivity index (χ1v) is 12.2. The van der Waals surface area contributed by atoms with Gasteiger partial charge < -0.3 is 0 Å². The summed E-state index contributed by atoms with van der Waals surface area (Å²) in [6, 6.07) is 22.1. The van der Waals surface area contributed by atoms with Gasteiger partial charge in [0.2, 0.25) is 10.0 Å². The minimum absolute atomic E-state index is 0.157. The van der Waals surface area contributed by atoms with Crippen molar-refractivity contribution in [2.24, 2.45) is 5.14 Å². The number of sulfonamides is 1. The minimum atomic E-state index is -3.65. The zero-order chi connectivity index (χ0) is 21.6. The van der Waals surface area contributed by atoms with E-state index >= 15 is 0 Å². The molecular formula is C25H31N2O2S+. The van der Waals surface area contributed by atoms with Crippen molar-refractivity contribution in [1.29, 1.82) is 0 Å². The molecule has 3 rings (SSSR count). The van der Waals surface area contributed by atoms with Crippen LogP contribution in [0.5, 0.6) is 0 Å². The summed E-state index contributed by atoms with van der Waals surface area (Å²) in [6.07, 6.45) is 5.08. The van der Waals surface area contributed by atoms with Crippen LogP contribution in [0.25, 0.3) is 11.1 Å². The van der Waals surface area contributed by atoms with Crippen LogP contribution < -0.4 is 9.71 Å². The van der Waals surface area contributed by atoms with Crippen molar-refractivity contribution in [2.75, 3.05) is 0 Å². The van der Waals surface area contributed by atoms with Crippen LogP contribution in [-0.2, 0) is 35.8 Å². The van der Waals surface area contributed by atoms with Gasteiger partial charge in [0.1, 0.15) is 0 Å². The largest absolute Gasteiger partial charge is 0.238 e. The standard InChI is InChI=1S/C25H31N2O2S/c1-3-8-23-18-22(21-10-6-5-7-11-21)19-24(9-4-2)27(23)17-16-20-12-14-25(15-13-20)30(26,28)29/h5-7,10-15,18-19H,3-4,8-9,16-17H2,1-2H3,(H2,26,28,29)/q+1. The molecule has 0 aliphatic carbocycles. The zero-order valence-corrected chi connectivity index (χ0v) is 18.7. The normalized spacial score (nSPS) is 11.6. The SMILES string of the molecule is CCCc1cc(-c2ccccc2)cc(CCC)[n+]1CCc1ccc(S(N)(=O)=O)cc1. The molecule has 0 radical (unpaired) electrons. The highest BCUT2D eigenvalue weighted by Crippen LogP contribution is 2.21. The summed E-state index contributed by atoms with van der Waals surface area (Å²) in [5.41, 5.74) is 6.33. The quantitative estimate of drug-likeness (QED) is 0.517. The number of nitrogens with zero attached hydrogens (tertiary/aromatic N) is 1. The van der Waals surface area contributed by atoms with E-state index in [9.17, 15) is 8.42 Å². The van der Waals surface area contributed by atoms with E-state index in [4.69, 9.17) is 5.14 Å². The van der Waals surface area contributed by atoms with Gasteiger partial charge in [0.05, 0.1) is 4.90 Å². The minimum Gasteiger partial charge on any atom is -0.225 e. The van der Waals surface area contributed by atoms with Gasteiger partial charge in [-0.2, -0.15) is 4.57 Å². The van der Waals surface area contributed by atoms with E-state index in [1.807, 2.05) is 18.2 Å². The molecule has 0 spiro atoms. The van der Waals surface area contributed by atoms with Crippen molar-refractivity contribution < 1.29 is 13.0 Å². The second kappa shape index (κ2) is 10.0. The molecule has 2 N–H and O–H groups in total. The summed E-state index contributed by atoms with van der Waals surface area (Å²) >= 11 is 0. The molecule has 3 aromatic rings. The molecule has 2 aromatic carbocycles. The second-order valence-corrected chi connectivity index (χ2v) is 9.24. The second-order valence-electron chi connectivity index (χ2n) is 7.68. The van der Waals surface area contributed by atoms with E-state index in [-0.39, 0.29) is 4.90 Å². The summed E-state index contributed by atoms with van der Waals surface area (Å²) in [4.78, 5) is 0.157. The van der Waals surface area contributed by atoms with Gasteiger partial charge in [-0.25, -0.2) is 13.6 Å². The fourth-order valence-corrected chi connectivity index (χ4v) is 4.35. The van der Waals surface area contributed by atoms with Crippen LogP contribution in [0.2, 0.25) is 0 Å². The monoisotopic (exact) mass is 423 g/mol. The van der Waals surface area contributed by atoms with Gasteiger partial charge in [-0.05, 0) is 41.7 Å². The fraction of sp³-hybridized carbons (Fsp3) is 0.320.